The van der Waals surface area contributed by atoms with Crippen molar-refractivity contribution in [2.45, 2.75) is 4.90 Å². The number of halogens is 2. The Hall–Kier alpha value is -1.93. The standard InChI is InChI=1S/C13H10BrFN2O3S/c14-10-6-5-8(7-11(10)15)21(19,20)17-12-4-2-1-3-9(12)13(16)18/h1-7,17H,(H2,16,18). The fourth-order valence-electron chi connectivity index (χ4n) is 1.63. The van der Waals surface area contributed by atoms with Crippen molar-refractivity contribution in [2.75, 3.05) is 4.72 Å². The summed E-state index contributed by atoms with van der Waals surface area (Å²) in [5.41, 5.74) is 5.24. The molecule has 0 aliphatic rings. The van der Waals surface area contributed by atoms with Crippen molar-refractivity contribution in [3.8, 4) is 0 Å². The molecule has 0 aliphatic heterocycles. The zero-order valence-corrected chi connectivity index (χ0v) is 12.9. The van der Waals surface area contributed by atoms with Gasteiger partial charge in [0.15, 0.2) is 0 Å². The van der Waals surface area contributed by atoms with Crippen LogP contribution in [0.15, 0.2) is 51.8 Å². The van der Waals surface area contributed by atoms with Crippen LogP contribution in [0.25, 0.3) is 0 Å². The summed E-state index contributed by atoms with van der Waals surface area (Å²) in [6.07, 6.45) is 0. The highest BCUT2D eigenvalue weighted by Gasteiger charge is 2.18. The van der Waals surface area contributed by atoms with E-state index in [0.29, 0.717) is 0 Å². The van der Waals surface area contributed by atoms with Gasteiger partial charge in [-0.15, -0.1) is 0 Å². The largest absolute Gasteiger partial charge is 0.366 e. The predicted molar refractivity (Wildman–Crippen MR) is 79.9 cm³/mol. The maximum absolute atomic E-state index is 13.4. The van der Waals surface area contributed by atoms with Crippen LogP contribution in [0, 0.1) is 5.82 Å². The van der Waals surface area contributed by atoms with E-state index in [1.165, 1.54) is 24.3 Å². The Bertz CT molecular complexity index is 809. The molecule has 0 saturated heterocycles. The van der Waals surface area contributed by atoms with Crippen molar-refractivity contribution in [3.05, 3.63) is 58.3 Å². The quantitative estimate of drug-likeness (QED) is 0.863. The van der Waals surface area contributed by atoms with E-state index in [-0.39, 0.29) is 20.6 Å². The number of hydrogen-bond donors (Lipinski definition) is 2. The molecule has 0 atom stereocenters. The van der Waals surface area contributed by atoms with Gasteiger partial charge in [0.1, 0.15) is 5.82 Å². The van der Waals surface area contributed by atoms with Crippen LogP contribution in [0.2, 0.25) is 0 Å². The van der Waals surface area contributed by atoms with Crippen molar-refractivity contribution in [1.82, 2.24) is 0 Å². The molecule has 0 spiro atoms. The van der Waals surface area contributed by atoms with Crippen LogP contribution in [0.3, 0.4) is 0 Å². The normalized spacial score (nSPS) is 11.1. The van der Waals surface area contributed by atoms with Crippen molar-refractivity contribution < 1.29 is 17.6 Å². The number of nitrogens with two attached hydrogens (primary N) is 1. The molecule has 8 heteroatoms. The van der Waals surface area contributed by atoms with Crippen molar-refractivity contribution in [3.63, 3.8) is 0 Å². The Labute approximate surface area is 129 Å². The SMILES string of the molecule is NC(=O)c1ccccc1NS(=O)(=O)c1ccc(Br)c(F)c1. The van der Waals surface area contributed by atoms with E-state index in [1.807, 2.05) is 0 Å². The maximum atomic E-state index is 13.4. The van der Waals surface area contributed by atoms with E-state index >= 15 is 0 Å². The molecule has 0 aromatic heterocycles. The van der Waals surface area contributed by atoms with Crippen LogP contribution < -0.4 is 10.5 Å². The summed E-state index contributed by atoms with van der Waals surface area (Å²) in [5.74, 6) is -1.48. The summed E-state index contributed by atoms with van der Waals surface area (Å²) in [6, 6.07) is 9.28. The van der Waals surface area contributed by atoms with E-state index in [2.05, 4.69) is 20.7 Å². The highest BCUT2D eigenvalue weighted by molar-refractivity contribution is 9.10. The highest BCUT2D eigenvalue weighted by atomic mass is 79.9. The second-order valence-electron chi connectivity index (χ2n) is 4.09. The third-order valence-electron chi connectivity index (χ3n) is 2.64. The maximum Gasteiger partial charge on any atom is 0.262 e. The van der Waals surface area contributed by atoms with Crippen LogP contribution in [0.4, 0.5) is 10.1 Å². The molecular weight excluding hydrogens is 363 g/mol. The summed E-state index contributed by atoms with van der Waals surface area (Å²) in [4.78, 5) is 11.0. The molecule has 0 aliphatic carbocycles. The second-order valence-corrected chi connectivity index (χ2v) is 6.63. The van der Waals surface area contributed by atoms with Gasteiger partial charge in [-0.1, -0.05) is 12.1 Å². The molecule has 2 aromatic rings. The molecule has 21 heavy (non-hydrogen) atoms. The van der Waals surface area contributed by atoms with Crippen LogP contribution in [-0.2, 0) is 10.0 Å². The second kappa shape index (κ2) is 5.82. The summed E-state index contributed by atoms with van der Waals surface area (Å²) < 4.78 is 40.2. The zero-order valence-electron chi connectivity index (χ0n) is 10.5. The molecule has 0 saturated carbocycles. The number of anilines is 1. The Morgan fingerprint density at radius 3 is 2.48 bits per heavy atom. The van der Waals surface area contributed by atoms with E-state index in [9.17, 15) is 17.6 Å². The van der Waals surface area contributed by atoms with E-state index < -0.39 is 21.7 Å². The number of carbonyl (C=O) groups is 1. The van der Waals surface area contributed by atoms with Gasteiger partial charge in [-0.25, -0.2) is 12.8 Å². The first-order chi connectivity index (χ1) is 9.81. The van der Waals surface area contributed by atoms with Crippen LogP contribution in [0.1, 0.15) is 10.4 Å². The first-order valence-corrected chi connectivity index (χ1v) is 7.95. The molecule has 0 fully saturated rings. The fourth-order valence-corrected chi connectivity index (χ4v) is 2.97. The Morgan fingerprint density at radius 1 is 1.19 bits per heavy atom. The molecule has 2 aromatic carbocycles. The third kappa shape index (κ3) is 3.40. The number of carbonyl (C=O) groups excluding carboxylic acids is 1. The Kier molecular flexibility index (Phi) is 4.29. The van der Waals surface area contributed by atoms with Crippen molar-refractivity contribution >= 4 is 37.5 Å². The number of para-hydroxylation sites is 1. The van der Waals surface area contributed by atoms with Gasteiger partial charge < -0.3 is 5.73 Å². The number of hydrogen-bond acceptors (Lipinski definition) is 3. The first kappa shape index (κ1) is 15.5. The summed E-state index contributed by atoms with van der Waals surface area (Å²) >= 11 is 2.94. The van der Waals surface area contributed by atoms with Gasteiger partial charge in [-0.2, -0.15) is 0 Å². The van der Waals surface area contributed by atoms with Crippen LogP contribution >= 0.6 is 15.9 Å². The minimum Gasteiger partial charge on any atom is -0.366 e. The lowest BCUT2D eigenvalue weighted by atomic mass is 10.2. The predicted octanol–water partition coefficient (Wildman–Crippen LogP) is 2.49. The van der Waals surface area contributed by atoms with Gasteiger partial charge in [0, 0.05) is 0 Å². The summed E-state index contributed by atoms with van der Waals surface area (Å²) in [6.45, 7) is 0. The molecule has 5 nitrogen and oxygen atoms in total. The van der Waals surface area contributed by atoms with Crippen LogP contribution in [0.5, 0.6) is 0 Å². The van der Waals surface area contributed by atoms with Gasteiger partial charge in [0.25, 0.3) is 15.9 Å². The molecule has 0 unspecified atom stereocenters. The molecule has 0 bridgehead atoms. The Balaban J connectivity index is 2.42. The molecule has 1 amide bonds. The number of sulfonamides is 1. The smallest absolute Gasteiger partial charge is 0.262 e. The minimum absolute atomic E-state index is 0.0265. The lowest BCUT2D eigenvalue weighted by Gasteiger charge is -2.11. The van der Waals surface area contributed by atoms with Gasteiger partial charge in [-0.3, -0.25) is 9.52 Å². The van der Waals surface area contributed by atoms with E-state index in [4.69, 9.17) is 5.73 Å². The highest BCUT2D eigenvalue weighted by Crippen LogP contribution is 2.23. The van der Waals surface area contributed by atoms with Crippen LogP contribution in [-0.4, -0.2) is 14.3 Å². The topological polar surface area (TPSA) is 89.3 Å². The Morgan fingerprint density at radius 2 is 1.86 bits per heavy atom. The summed E-state index contributed by atoms with van der Waals surface area (Å²) in [7, 11) is -4.03. The number of amides is 1. The minimum atomic E-state index is -4.03. The lowest BCUT2D eigenvalue weighted by Crippen LogP contribution is -2.18. The average Bonchev–Trinajstić information content (AvgIpc) is 2.41. The molecule has 3 N–H and O–H groups in total. The fraction of sp³-hybridized carbons (Fsp3) is 0. The third-order valence-corrected chi connectivity index (χ3v) is 4.64. The lowest BCUT2D eigenvalue weighted by molar-refractivity contribution is 0.100. The first-order valence-electron chi connectivity index (χ1n) is 5.68. The van der Waals surface area contributed by atoms with Gasteiger partial charge in [-0.05, 0) is 46.3 Å². The zero-order chi connectivity index (χ0) is 15.6. The number of rotatable bonds is 4. The molecule has 110 valence electrons. The molecular formula is C13H10BrFN2O3S. The van der Waals surface area contributed by atoms with E-state index in [1.54, 1.807) is 12.1 Å². The molecule has 0 radical (unpaired) electrons. The van der Waals surface area contributed by atoms with Gasteiger partial charge in [0.05, 0.1) is 20.6 Å². The van der Waals surface area contributed by atoms with E-state index in [0.717, 1.165) is 6.07 Å². The molecule has 2 rings (SSSR count). The van der Waals surface area contributed by atoms with Gasteiger partial charge in [0.2, 0.25) is 0 Å². The average molecular weight is 373 g/mol. The van der Waals surface area contributed by atoms with Gasteiger partial charge >= 0.3 is 0 Å². The number of primary amides is 1. The summed E-state index contributed by atoms with van der Waals surface area (Å²) in [5, 5.41) is 0. The van der Waals surface area contributed by atoms with Crippen molar-refractivity contribution in [1.29, 1.82) is 0 Å². The van der Waals surface area contributed by atoms with Crippen molar-refractivity contribution in [2.24, 2.45) is 5.73 Å². The molecule has 0 heterocycles. The number of nitrogens with one attached hydrogen (secondary N) is 1. The number of benzene rings is 2. The monoisotopic (exact) mass is 372 g/mol.